The molecule has 1 atom stereocenters. The third-order valence-electron chi connectivity index (χ3n) is 3.61. The van der Waals surface area contributed by atoms with Gasteiger partial charge in [-0.1, -0.05) is 53.7 Å². The van der Waals surface area contributed by atoms with E-state index in [-0.39, 0.29) is 10.9 Å². The number of benzene rings is 2. The van der Waals surface area contributed by atoms with Gasteiger partial charge in [-0.25, -0.2) is 14.1 Å². The largest absolute Gasteiger partial charge is 0.337 e. The summed E-state index contributed by atoms with van der Waals surface area (Å²) in [6, 6.07) is 13.4. The summed E-state index contributed by atoms with van der Waals surface area (Å²) < 4.78 is 14.5. The Kier molecular flexibility index (Phi) is 5.49. The van der Waals surface area contributed by atoms with E-state index in [4.69, 9.17) is 17.4 Å². The number of imidazole rings is 1. The van der Waals surface area contributed by atoms with Crippen molar-refractivity contribution in [3.63, 3.8) is 0 Å². The van der Waals surface area contributed by atoms with Crippen LogP contribution < -0.4 is 11.2 Å². The van der Waals surface area contributed by atoms with Crippen LogP contribution >= 0.6 is 23.4 Å². The van der Waals surface area contributed by atoms with Crippen LogP contribution in [0, 0.1) is 5.82 Å². The van der Waals surface area contributed by atoms with Crippen molar-refractivity contribution < 1.29 is 9.18 Å². The smallest absolute Gasteiger partial charge is 0.237 e. The Labute approximate surface area is 159 Å². The van der Waals surface area contributed by atoms with E-state index in [2.05, 4.69) is 10.3 Å². The molecule has 134 valence electrons. The van der Waals surface area contributed by atoms with Crippen LogP contribution in [0.4, 0.5) is 10.1 Å². The molecule has 1 aromatic heterocycles. The third kappa shape index (κ3) is 4.17. The van der Waals surface area contributed by atoms with Crippen molar-refractivity contribution in [1.82, 2.24) is 9.66 Å². The van der Waals surface area contributed by atoms with E-state index >= 15 is 0 Å². The molecule has 5 nitrogen and oxygen atoms in total. The lowest BCUT2D eigenvalue weighted by molar-refractivity contribution is -0.115. The average molecular weight is 391 g/mol. The van der Waals surface area contributed by atoms with Crippen LogP contribution in [0.3, 0.4) is 0 Å². The fraction of sp³-hybridized carbons (Fsp3) is 0.111. The highest BCUT2D eigenvalue weighted by atomic mass is 35.5. The van der Waals surface area contributed by atoms with Crippen LogP contribution in [0.2, 0.25) is 5.02 Å². The molecular weight excluding hydrogens is 375 g/mol. The predicted octanol–water partition coefficient (Wildman–Crippen LogP) is 4.18. The molecule has 0 fully saturated rings. The molecule has 0 spiro atoms. The van der Waals surface area contributed by atoms with Gasteiger partial charge in [-0.3, -0.25) is 4.79 Å². The molecule has 2 aromatic carbocycles. The molecule has 3 rings (SSSR count). The van der Waals surface area contributed by atoms with E-state index < -0.39 is 11.1 Å². The van der Waals surface area contributed by atoms with Crippen LogP contribution in [0.15, 0.2) is 59.9 Å². The number of halogens is 2. The minimum atomic E-state index is -0.482. The zero-order valence-electron chi connectivity index (χ0n) is 13.8. The number of rotatable bonds is 5. The molecule has 0 aliphatic carbocycles. The maximum Gasteiger partial charge on any atom is 0.237 e. The number of nitrogen functional groups attached to an aromatic ring is 1. The topological polar surface area (TPSA) is 72.9 Å². The van der Waals surface area contributed by atoms with Crippen molar-refractivity contribution in [3.05, 3.63) is 65.6 Å². The number of nitrogens with two attached hydrogens (primary N) is 1. The van der Waals surface area contributed by atoms with E-state index in [1.54, 1.807) is 13.1 Å². The highest BCUT2D eigenvalue weighted by Crippen LogP contribution is 2.28. The van der Waals surface area contributed by atoms with Crippen molar-refractivity contribution in [2.45, 2.75) is 17.3 Å². The number of thioether (sulfide) groups is 1. The summed E-state index contributed by atoms with van der Waals surface area (Å²) in [5.74, 6) is 5.21. The van der Waals surface area contributed by atoms with E-state index in [1.165, 1.54) is 28.6 Å². The number of anilines is 1. The molecule has 3 N–H and O–H groups in total. The minimum absolute atomic E-state index is 0.141. The first-order valence-electron chi connectivity index (χ1n) is 7.76. The van der Waals surface area contributed by atoms with Crippen molar-refractivity contribution in [2.75, 3.05) is 11.2 Å². The van der Waals surface area contributed by atoms with Crippen LogP contribution in [-0.4, -0.2) is 20.8 Å². The van der Waals surface area contributed by atoms with Crippen LogP contribution in [0.25, 0.3) is 11.3 Å². The molecule has 1 heterocycles. The maximum atomic E-state index is 13.1. The Morgan fingerprint density at radius 3 is 2.73 bits per heavy atom. The quantitative estimate of drug-likeness (QED) is 0.506. The Morgan fingerprint density at radius 1 is 1.31 bits per heavy atom. The molecule has 0 saturated heterocycles. The second kappa shape index (κ2) is 7.80. The summed E-state index contributed by atoms with van der Waals surface area (Å²) in [5, 5.41) is 2.85. The van der Waals surface area contributed by atoms with Crippen molar-refractivity contribution >= 4 is 35.0 Å². The lowest BCUT2D eigenvalue weighted by atomic mass is 10.2. The number of aromatic nitrogens is 2. The van der Waals surface area contributed by atoms with Crippen LogP contribution in [0.5, 0.6) is 0 Å². The molecule has 0 aliphatic heterocycles. The van der Waals surface area contributed by atoms with Gasteiger partial charge in [-0.2, -0.15) is 0 Å². The second-order valence-electron chi connectivity index (χ2n) is 5.56. The molecule has 8 heteroatoms. The number of amides is 1. The lowest BCUT2D eigenvalue weighted by Gasteiger charge is -2.12. The first kappa shape index (κ1) is 18.3. The van der Waals surface area contributed by atoms with Gasteiger partial charge in [-0.05, 0) is 25.1 Å². The zero-order chi connectivity index (χ0) is 18.7. The van der Waals surface area contributed by atoms with E-state index in [9.17, 15) is 9.18 Å². The number of carbonyl (C=O) groups excluding carboxylic acids is 1. The van der Waals surface area contributed by atoms with E-state index in [1.807, 2.05) is 30.3 Å². The highest BCUT2D eigenvalue weighted by Gasteiger charge is 2.19. The molecule has 0 aliphatic rings. The Balaban J connectivity index is 1.70. The first-order chi connectivity index (χ1) is 12.4. The molecule has 0 unspecified atom stereocenters. The monoisotopic (exact) mass is 390 g/mol. The number of nitrogens with one attached hydrogen (secondary N) is 1. The van der Waals surface area contributed by atoms with Gasteiger partial charge in [0.15, 0.2) is 5.16 Å². The van der Waals surface area contributed by atoms with Gasteiger partial charge >= 0.3 is 0 Å². The fourth-order valence-corrected chi connectivity index (χ4v) is 3.27. The Hall–Kier alpha value is -2.51. The normalized spacial score (nSPS) is 12.0. The molecule has 1 amide bonds. The van der Waals surface area contributed by atoms with Gasteiger partial charge in [0.05, 0.1) is 27.9 Å². The second-order valence-corrected chi connectivity index (χ2v) is 7.27. The van der Waals surface area contributed by atoms with Crippen LogP contribution in [-0.2, 0) is 4.79 Å². The summed E-state index contributed by atoms with van der Waals surface area (Å²) in [4.78, 5) is 16.9. The number of hydrogen-bond donors (Lipinski definition) is 2. The summed E-state index contributed by atoms with van der Waals surface area (Å²) in [6.07, 6.45) is 1.71. The van der Waals surface area contributed by atoms with Crippen molar-refractivity contribution in [2.24, 2.45) is 0 Å². The first-order valence-corrected chi connectivity index (χ1v) is 9.02. The number of carbonyl (C=O) groups is 1. The predicted molar refractivity (Wildman–Crippen MR) is 103 cm³/mol. The summed E-state index contributed by atoms with van der Waals surface area (Å²) in [6.45, 7) is 1.73. The Bertz CT molecular complexity index is 932. The molecule has 0 saturated carbocycles. The molecular formula is C18H16ClFN4OS. The molecule has 0 radical (unpaired) electrons. The Morgan fingerprint density at radius 2 is 2.04 bits per heavy atom. The fourth-order valence-electron chi connectivity index (χ4n) is 2.25. The summed E-state index contributed by atoms with van der Waals surface area (Å²) in [7, 11) is 0. The van der Waals surface area contributed by atoms with Crippen molar-refractivity contribution in [3.8, 4) is 11.3 Å². The van der Waals surface area contributed by atoms with Gasteiger partial charge < -0.3 is 11.2 Å². The van der Waals surface area contributed by atoms with E-state index in [0.29, 0.717) is 10.8 Å². The van der Waals surface area contributed by atoms with Gasteiger partial charge in [0.2, 0.25) is 5.91 Å². The van der Waals surface area contributed by atoms with Gasteiger partial charge in [0.25, 0.3) is 0 Å². The minimum Gasteiger partial charge on any atom is -0.337 e. The van der Waals surface area contributed by atoms with Gasteiger partial charge in [-0.15, -0.1) is 0 Å². The van der Waals surface area contributed by atoms with Gasteiger partial charge in [0.1, 0.15) is 5.82 Å². The molecule has 26 heavy (non-hydrogen) atoms. The van der Waals surface area contributed by atoms with Crippen molar-refractivity contribution in [1.29, 1.82) is 0 Å². The summed E-state index contributed by atoms with van der Waals surface area (Å²) in [5.41, 5.74) is 2.02. The van der Waals surface area contributed by atoms with E-state index in [0.717, 1.165) is 17.3 Å². The third-order valence-corrected chi connectivity index (χ3v) is 5.00. The number of hydrogen-bond acceptors (Lipinski definition) is 4. The highest BCUT2D eigenvalue weighted by molar-refractivity contribution is 8.00. The average Bonchev–Trinajstić information content (AvgIpc) is 2.98. The molecule has 0 bridgehead atoms. The van der Waals surface area contributed by atoms with Gasteiger partial charge in [0, 0.05) is 5.56 Å². The zero-order valence-corrected chi connectivity index (χ0v) is 15.4. The van der Waals surface area contributed by atoms with Crippen LogP contribution in [0.1, 0.15) is 6.92 Å². The SMILES string of the molecule is C[C@@H](Sc1nc(-c2ccccc2)cn1N)C(=O)Nc1ccc(F)cc1Cl. The standard InChI is InChI=1S/C18H16ClFN4OS/c1-11(17(25)22-15-8-7-13(20)9-14(15)19)26-18-23-16(10-24(18)21)12-5-3-2-4-6-12/h2-11H,21H2,1H3,(H,22,25)/t11-/m1/s1. The summed E-state index contributed by atoms with van der Waals surface area (Å²) >= 11 is 7.16. The molecule has 3 aromatic rings. The maximum absolute atomic E-state index is 13.1. The lowest BCUT2D eigenvalue weighted by Crippen LogP contribution is -2.23. The number of nitrogens with zero attached hydrogens (tertiary/aromatic N) is 2.